The number of esters is 1. The first kappa shape index (κ1) is 28.4. The van der Waals surface area contributed by atoms with Gasteiger partial charge in [-0.2, -0.15) is 0 Å². The third-order valence-corrected chi connectivity index (χ3v) is 7.60. The van der Waals surface area contributed by atoms with E-state index in [1.807, 2.05) is 56.3 Å². The Labute approximate surface area is 230 Å². The first-order chi connectivity index (χ1) is 18.7. The molecule has 0 saturated heterocycles. The molecule has 2 atom stereocenters. The van der Waals surface area contributed by atoms with Gasteiger partial charge < -0.3 is 19.3 Å². The van der Waals surface area contributed by atoms with Crippen LogP contribution in [0.15, 0.2) is 73.3 Å². The molecule has 1 fully saturated rings. The highest BCUT2D eigenvalue weighted by atomic mass is 19.1. The van der Waals surface area contributed by atoms with E-state index in [9.17, 15) is 14.3 Å². The number of carbonyl (C=O) groups excluding carboxylic acids is 1. The lowest BCUT2D eigenvalue weighted by atomic mass is 9.79. The molecule has 0 aromatic heterocycles. The average molecular weight is 533 g/mol. The Balaban J connectivity index is 1.62. The van der Waals surface area contributed by atoms with Crippen LogP contribution < -0.4 is 9.47 Å². The fraction of sp³-hybridized carbons (Fsp3) is 0.364. The highest BCUT2D eigenvalue weighted by molar-refractivity contribution is 5.71. The zero-order valence-corrected chi connectivity index (χ0v) is 23.1. The van der Waals surface area contributed by atoms with Gasteiger partial charge in [-0.05, 0) is 83.3 Å². The minimum atomic E-state index is -0.934. The molecule has 0 radical (unpaired) electrons. The molecule has 1 aliphatic rings. The maximum Gasteiger partial charge on any atom is 0.306 e. The summed E-state index contributed by atoms with van der Waals surface area (Å²) in [6.45, 7) is 7.90. The molecule has 1 N–H and O–H groups in total. The van der Waals surface area contributed by atoms with E-state index in [1.165, 1.54) is 20.3 Å². The van der Waals surface area contributed by atoms with Gasteiger partial charge in [0.15, 0.2) is 0 Å². The first-order valence-electron chi connectivity index (χ1n) is 13.2. The summed E-state index contributed by atoms with van der Waals surface area (Å²) >= 11 is 0. The summed E-state index contributed by atoms with van der Waals surface area (Å²) in [4.78, 5) is 12.0. The lowest BCUT2D eigenvalue weighted by molar-refractivity contribution is -0.141. The molecular formula is C33H37FO5. The Morgan fingerprint density at radius 3 is 2.51 bits per heavy atom. The Morgan fingerprint density at radius 1 is 1.08 bits per heavy atom. The second kappa shape index (κ2) is 12.0. The van der Waals surface area contributed by atoms with Crippen molar-refractivity contribution in [2.45, 2.75) is 51.7 Å². The molecule has 0 aliphatic heterocycles. The maximum absolute atomic E-state index is 14.9. The van der Waals surface area contributed by atoms with Crippen molar-refractivity contribution in [1.82, 2.24) is 0 Å². The zero-order chi connectivity index (χ0) is 28.2. The fourth-order valence-corrected chi connectivity index (χ4v) is 4.84. The van der Waals surface area contributed by atoms with E-state index < -0.39 is 17.3 Å². The molecule has 1 aliphatic carbocycles. The number of benzene rings is 3. The van der Waals surface area contributed by atoms with Gasteiger partial charge in [-0.1, -0.05) is 44.2 Å². The molecule has 0 spiro atoms. The van der Waals surface area contributed by atoms with E-state index in [0.29, 0.717) is 40.5 Å². The van der Waals surface area contributed by atoms with E-state index in [0.717, 1.165) is 24.0 Å². The molecule has 3 aromatic rings. The number of hydrogen-bond donors (Lipinski definition) is 1. The molecule has 0 bridgehead atoms. The van der Waals surface area contributed by atoms with Crippen molar-refractivity contribution in [3.05, 3.63) is 95.8 Å². The molecular weight excluding hydrogens is 495 g/mol. The Morgan fingerprint density at radius 2 is 1.85 bits per heavy atom. The van der Waals surface area contributed by atoms with Gasteiger partial charge in [-0.25, -0.2) is 4.39 Å². The number of ether oxygens (including phenoxy) is 3. The topological polar surface area (TPSA) is 65.0 Å². The highest BCUT2D eigenvalue weighted by Crippen LogP contribution is 2.45. The fourth-order valence-electron chi connectivity index (χ4n) is 4.84. The Bertz CT molecular complexity index is 1330. The van der Waals surface area contributed by atoms with Gasteiger partial charge in [0, 0.05) is 11.0 Å². The zero-order valence-electron chi connectivity index (χ0n) is 23.1. The van der Waals surface area contributed by atoms with Crippen molar-refractivity contribution in [2.75, 3.05) is 14.2 Å². The van der Waals surface area contributed by atoms with E-state index >= 15 is 0 Å². The van der Waals surface area contributed by atoms with Crippen LogP contribution in [0.1, 0.15) is 61.8 Å². The molecule has 206 valence electrons. The quantitative estimate of drug-likeness (QED) is 0.195. The van der Waals surface area contributed by atoms with Crippen LogP contribution in [0, 0.1) is 17.2 Å². The lowest BCUT2D eigenvalue weighted by Gasteiger charge is -2.29. The molecule has 0 heterocycles. The summed E-state index contributed by atoms with van der Waals surface area (Å²) in [7, 11) is 2.95. The summed E-state index contributed by atoms with van der Waals surface area (Å²) in [5.41, 5.74) is 2.74. The van der Waals surface area contributed by atoms with Crippen molar-refractivity contribution in [3.8, 4) is 22.6 Å². The number of rotatable bonds is 12. The standard InChI is InChI=1S/C33H37FO5/c1-6-33(2,3)32(36)29-16-21(10-14-26(29)28-18-24(37-4)13-15-30(28)34)20-39-25-9-7-8-23(17-25)27(22-11-12-22)19-31(35)38-5/h6-10,13-18,22,27,32,36H,1,11-12,19-20H2,2-5H3/t27-,32-/m0/s1. The normalized spacial score (nSPS) is 14.8. The van der Waals surface area contributed by atoms with Crippen LogP contribution in [0.25, 0.3) is 11.1 Å². The van der Waals surface area contributed by atoms with Crippen LogP contribution >= 0.6 is 0 Å². The van der Waals surface area contributed by atoms with Gasteiger partial charge in [0.05, 0.1) is 26.7 Å². The Kier molecular flexibility index (Phi) is 8.76. The molecule has 0 unspecified atom stereocenters. The average Bonchev–Trinajstić information content (AvgIpc) is 3.80. The van der Waals surface area contributed by atoms with E-state index in [2.05, 4.69) is 6.58 Å². The monoisotopic (exact) mass is 532 g/mol. The van der Waals surface area contributed by atoms with Crippen LogP contribution in [0.3, 0.4) is 0 Å². The molecule has 6 heteroatoms. The molecule has 3 aromatic carbocycles. The number of aliphatic hydroxyl groups is 1. The number of aliphatic hydroxyl groups excluding tert-OH is 1. The molecule has 4 rings (SSSR count). The minimum Gasteiger partial charge on any atom is -0.497 e. The minimum absolute atomic E-state index is 0.112. The molecule has 39 heavy (non-hydrogen) atoms. The molecule has 1 saturated carbocycles. The molecule has 0 amide bonds. The van der Waals surface area contributed by atoms with Crippen molar-refractivity contribution < 1.29 is 28.5 Å². The summed E-state index contributed by atoms with van der Waals surface area (Å²) in [5.74, 6) is 1.21. The van der Waals surface area contributed by atoms with E-state index in [1.54, 1.807) is 18.2 Å². The number of methoxy groups -OCH3 is 2. The van der Waals surface area contributed by atoms with E-state index in [4.69, 9.17) is 14.2 Å². The van der Waals surface area contributed by atoms with Gasteiger partial charge in [-0.15, -0.1) is 6.58 Å². The van der Waals surface area contributed by atoms with Crippen LogP contribution in [0.5, 0.6) is 11.5 Å². The first-order valence-corrected chi connectivity index (χ1v) is 13.2. The summed E-state index contributed by atoms with van der Waals surface area (Å²) in [5, 5.41) is 11.4. The van der Waals surface area contributed by atoms with Gasteiger partial charge in [0.2, 0.25) is 0 Å². The van der Waals surface area contributed by atoms with Gasteiger partial charge in [-0.3, -0.25) is 4.79 Å². The number of hydrogen-bond acceptors (Lipinski definition) is 5. The van der Waals surface area contributed by atoms with Crippen molar-refractivity contribution in [2.24, 2.45) is 11.3 Å². The predicted octanol–water partition coefficient (Wildman–Crippen LogP) is 7.38. The molecule has 5 nitrogen and oxygen atoms in total. The third-order valence-electron chi connectivity index (χ3n) is 7.60. The summed E-state index contributed by atoms with van der Waals surface area (Å²) in [6, 6.07) is 18.0. The van der Waals surface area contributed by atoms with Crippen LogP contribution in [-0.2, 0) is 16.1 Å². The number of carbonyl (C=O) groups is 1. The van der Waals surface area contributed by atoms with Gasteiger partial charge >= 0.3 is 5.97 Å². The van der Waals surface area contributed by atoms with Crippen molar-refractivity contribution in [1.29, 1.82) is 0 Å². The summed E-state index contributed by atoms with van der Waals surface area (Å²) in [6.07, 6.45) is 3.34. The largest absolute Gasteiger partial charge is 0.497 e. The second-order valence-electron chi connectivity index (χ2n) is 10.8. The van der Waals surface area contributed by atoms with Crippen molar-refractivity contribution in [3.63, 3.8) is 0 Å². The van der Waals surface area contributed by atoms with E-state index in [-0.39, 0.29) is 18.5 Å². The summed E-state index contributed by atoms with van der Waals surface area (Å²) < 4.78 is 31.3. The van der Waals surface area contributed by atoms with Crippen LogP contribution in [-0.4, -0.2) is 25.3 Å². The van der Waals surface area contributed by atoms with Gasteiger partial charge in [0.25, 0.3) is 0 Å². The van der Waals surface area contributed by atoms with Crippen LogP contribution in [0.2, 0.25) is 0 Å². The SMILES string of the molecule is C=CC(C)(C)[C@@H](O)c1cc(COc2cccc([C@@H](CC(=O)OC)C3CC3)c2)ccc1-c1cc(OC)ccc1F. The highest BCUT2D eigenvalue weighted by Gasteiger charge is 2.34. The van der Waals surface area contributed by atoms with Gasteiger partial charge in [0.1, 0.15) is 23.9 Å². The maximum atomic E-state index is 14.9. The second-order valence-corrected chi connectivity index (χ2v) is 10.8. The lowest BCUT2D eigenvalue weighted by Crippen LogP contribution is -2.20. The Hall–Kier alpha value is -3.64. The third kappa shape index (κ3) is 6.69. The van der Waals surface area contributed by atoms with Crippen molar-refractivity contribution >= 4 is 5.97 Å². The van der Waals surface area contributed by atoms with Crippen LogP contribution in [0.4, 0.5) is 4.39 Å². The smallest absolute Gasteiger partial charge is 0.306 e. The predicted molar refractivity (Wildman–Crippen MR) is 150 cm³/mol. The number of halogens is 1.